The van der Waals surface area contributed by atoms with Crippen LogP contribution in [-0.4, -0.2) is 69.6 Å². The van der Waals surface area contributed by atoms with Crippen LogP contribution in [0.25, 0.3) is 11.1 Å². The van der Waals surface area contributed by atoms with E-state index in [9.17, 15) is 0 Å². The highest BCUT2D eigenvalue weighted by Gasteiger charge is 2.32. The van der Waals surface area contributed by atoms with Crippen molar-refractivity contribution in [2.24, 2.45) is 4.99 Å². The van der Waals surface area contributed by atoms with Crippen LogP contribution < -0.4 is 10.1 Å². The monoisotopic (exact) mass is 537 g/mol. The number of benzene rings is 2. The average molecular weight is 537 g/mol. The molecule has 0 saturated carbocycles. The molecule has 2 aromatic rings. The number of halogens is 1. The molecule has 0 amide bonds. The molecule has 0 spiro atoms. The summed E-state index contributed by atoms with van der Waals surface area (Å²) in [5.41, 5.74) is 2.26. The van der Waals surface area contributed by atoms with Crippen LogP contribution in [0.15, 0.2) is 59.6 Å². The van der Waals surface area contributed by atoms with E-state index >= 15 is 0 Å². The summed E-state index contributed by atoms with van der Waals surface area (Å²) < 4.78 is 17.9. The summed E-state index contributed by atoms with van der Waals surface area (Å²) in [4.78, 5) is 6.72. The van der Waals surface area contributed by atoms with E-state index in [0.29, 0.717) is 19.8 Å². The van der Waals surface area contributed by atoms with E-state index in [1.807, 2.05) is 43.4 Å². The van der Waals surface area contributed by atoms with E-state index in [1.54, 1.807) is 0 Å². The van der Waals surface area contributed by atoms with Crippen LogP contribution in [-0.2, 0) is 9.47 Å². The van der Waals surface area contributed by atoms with Crippen molar-refractivity contribution in [3.63, 3.8) is 0 Å². The smallest absolute Gasteiger partial charge is 0.193 e. The molecule has 2 aliphatic heterocycles. The summed E-state index contributed by atoms with van der Waals surface area (Å²) in [6.45, 7) is 4.42. The minimum absolute atomic E-state index is 0. The molecule has 0 radical (unpaired) electrons. The molecular weight excluding hydrogens is 505 g/mol. The van der Waals surface area contributed by atoms with Crippen molar-refractivity contribution in [3.05, 3.63) is 54.6 Å². The van der Waals surface area contributed by atoms with Gasteiger partial charge in [0, 0.05) is 32.3 Å². The standard InChI is InChI=1S/C24H31N3O3.HI/c1-25-24(27-14-17-30-23(18-27)22-12-7-15-28-22)26-13-16-29-21-11-6-5-10-20(21)19-8-3-2-4-9-19;/h2-6,8-11,22-23H,7,12-18H2,1H3,(H,25,26);1H. The minimum atomic E-state index is 0. The third-order valence-electron chi connectivity index (χ3n) is 5.60. The Kier molecular flexibility index (Phi) is 9.42. The molecule has 2 heterocycles. The molecule has 2 saturated heterocycles. The van der Waals surface area contributed by atoms with Crippen LogP contribution in [0.4, 0.5) is 0 Å². The second-order valence-corrected chi connectivity index (χ2v) is 7.59. The Morgan fingerprint density at radius 2 is 1.84 bits per heavy atom. The summed E-state index contributed by atoms with van der Waals surface area (Å²) in [6, 6.07) is 18.5. The van der Waals surface area contributed by atoms with E-state index in [0.717, 1.165) is 55.4 Å². The zero-order valence-corrected chi connectivity index (χ0v) is 20.4. The lowest BCUT2D eigenvalue weighted by molar-refractivity contribution is -0.0817. The quantitative estimate of drug-likeness (QED) is 0.263. The van der Waals surface area contributed by atoms with Crippen molar-refractivity contribution in [2.75, 3.05) is 46.5 Å². The molecular formula is C24H32IN3O3. The van der Waals surface area contributed by atoms with Crippen molar-refractivity contribution < 1.29 is 14.2 Å². The molecule has 168 valence electrons. The Labute approximate surface area is 202 Å². The van der Waals surface area contributed by atoms with Crippen LogP contribution in [0.1, 0.15) is 12.8 Å². The summed E-state index contributed by atoms with van der Waals surface area (Å²) in [7, 11) is 1.82. The number of hydrogen-bond donors (Lipinski definition) is 1. The van der Waals surface area contributed by atoms with Gasteiger partial charge in [-0.1, -0.05) is 48.5 Å². The maximum atomic E-state index is 6.10. The Hall–Kier alpha value is -1.84. The third kappa shape index (κ3) is 6.33. The number of rotatable bonds is 6. The molecule has 4 rings (SSSR count). The van der Waals surface area contributed by atoms with Gasteiger partial charge in [-0.25, -0.2) is 0 Å². The molecule has 2 aliphatic rings. The van der Waals surface area contributed by atoms with Crippen molar-refractivity contribution in [1.29, 1.82) is 0 Å². The molecule has 2 unspecified atom stereocenters. The molecule has 31 heavy (non-hydrogen) atoms. The average Bonchev–Trinajstić information content (AvgIpc) is 3.35. The maximum Gasteiger partial charge on any atom is 0.193 e. The number of aliphatic imine (C=N–C) groups is 1. The number of nitrogens with zero attached hydrogens (tertiary/aromatic N) is 2. The van der Waals surface area contributed by atoms with Gasteiger partial charge in [-0.15, -0.1) is 24.0 Å². The van der Waals surface area contributed by atoms with Crippen LogP contribution in [0, 0.1) is 0 Å². The topological polar surface area (TPSA) is 55.3 Å². The van der Waals surface area contributed by atoms with Gasteiger partial charge < -0.3 is 24.4 Å². The van der Waals surface area contributed by atoms with E-state index in [2.05, 4.69) is 33.4 Å². The number of guanidine groups is 1. The molecule has 2 aromatic carbocycles. The van der Waals surface area contributed by atoms with Gasteiger partial charge in [0.25, 0.3) is 0 Å². The van der Waals surface area contributed by atoms with Gasteiger partial charge in [-0.05, 0) is 24.5 Å². The molecule has 6 nitrogen and oxygen atoms in total. The first-order valence-electron chi connectivity index (χ1n) is 10.8. The fourth-order valence-corrected chi connectivity index (χ4v) is 4.09. The van der Waals surface area contributed by atoms with Crippen molar-refractivity contribution in [3.8, 4) is 16.9 Å². The van der Waals surface area contributed by atoms with Crippen LogP contribution in [0.2, 0.25) is 0 Å². The van der Waals surface area contributed by atoms with Gasteiger partial charge in [-0.3, -0.25) is 4.99 Å². The number of para-hydroxylation sites is 1. The maximum absolute atomic E-state index is 6.10. The molecule has 0 aromatic heterocycles. The lowest BCUT2D eigenvalue weighted by atomic mass is 10.1. The minimum Gasteiger partial charge on any atom is -0.491 e. The van der Waals surface area contributed by atoms with Crippen LogP contribution in [0.5, 0.6) is 5.75 Å². The predicted octanol–water partition coefficient (Wildman–Crippen LogP) is 3.81. The van der Waals surface area contributed by atoms with Crippen molar-refractivity contribution in [2.45, 2.75) is 25.0 Å². The first-order valence-corrected chi connectivity index (χ1v) is 10.8. The van der Waals surface area contributed by atoms with Gasteiger partial charge in [0.2, 0.25) is 0 Å². The summed E-state index contributed by atoms with van der Waals surface area (Å²) in [5.74, 6) is 1.78. The van der Waals surface area contributed by atoms with Crippen LogP contribution in [0.3, 0.4) is 0 Å². The van der Waals surface area contributed by atoms with Gasteiger partial charge in [0.1, 0.15) is 18.5 Å². The predicted molar refractivity (Wildman–Crippen MR) is 134 cm³/mol. The number of ether oxygens (including phenoxy) is 3. The summed E-state index contributed by atoms with van der Waals surface area (Å²) in [5, 5.41) is 3.43. The van der Waals surface area contributed by atoms with Crippen molar-refractivity contribution in [1.82, 2.24) is 10.2 Å². The van der Waals surface area contributed by atoms with Gasteiger partial charge in [0.05, 0.1) is 19.3 Å². The highest BCUT2D eigenvalue weighted by Crippen LogP contribution is 2.29. The third-order valence-corrected chi connectivity index (χ3v) is 5.60. The van der Waals surface area contributed by atoms with E-state index in [1.165, 1.54) is 0 Å². The number of hydrogen-bond acceptors (Lipinski definition) is 4. The Morgan fingerprint density at radius 1 is 1.06 bits per heavy atom. The lowest BCUT2D eigenvalue weighted by Gasteiger charge is -2.37. The largest absolute Gasteiger partial charge is 0.491 e. The highest BCUT2D eigenvalue weighted by atomic mass is 127. The molecule has 1 N–H and O–H groups in total. The number of nitrogens with one attached hydrogen (secondary N) is 1. The first-order chi connectivity index (χ1) is 14.8. The van der Waals surface area contributed by atoms with Gasteiger partial charge in [-0.2, -0.15) is 0 Å². The fourth-order valence-electron chi connectivity index (χ4n) is 4.09. The Balaban J connectivity index is 0.00000272. The van der Waals surface area contributed by atoms with E-state index in [-0.39, 0.29) is 36.2 Å². The second kappa shape index (κ2) is 12.3. The zero-order chi connectivity index (χ0) is 20.6. The SMILES string of the molecule is CN=C(NCCOc1ccccc1-c1ccccc1)N1CCOC(C2CCCO2)C1.I. The normalized spacial score (nSPS) is 21.5. The first kappa shape index (κ1) is 23.8. The molecule has 0 aliphatic carbocycles. The fraction of sp³-hybridized carbons (Fsp3) is 0.458. The molecule has 7 heteroatoms. The summed E-state index contributed by atoms with van der Waals surface area (Å²) in [6.07, 6.45) is 2.54. The van der Waals surface area contributed by atoms with Gasteiger partial charge >= 0.3 is 0 Å². The Morgan fingerprint density at radius 3 is 2.61 bits per heavy atom. The van der Waals surface area contributed by atoms with Crippen LogP contribution >= 0.6 is 24.0 Å². The van der Waals surface area contributed by atoms with E-state index < -0.39 is 0 Å². The highest BCUT2D eigenvalue weighted by molar-refractivity contribution is 14.0. The lowest BCUT2D eigenvalue weighted by Crippen LogP contribution is -2.53. The zero-order valence-electron chi connectivity index (χ0n) is 18.0. The second-order valence-electron chi connectivity index (χ2n) is 7.59. The molecule has 0 bridgehead atoms. The van der Waals surface area contributed by atoms with Gasteiger partial charge in [0.15, 0.2) is 5.96 Å². The number of morpholine rings is 1. The Bertz CT molecular complexity index is 828. The molecule has 2 fully saturated rings. The van der Waals surface area contributed by atoms with Crippen molar-refractivity contribution >= 4 is 29.9 Å². The molecule has 2 atom stereocenters. The summed E-state index contributed by atoms with van der Waals surface area (Å²) >= 11 is 0. The van der Waals surface area contributed by atoms with E-state index in [4.69, 9.17) is 14.2 Å².